The lowest BCUT2D eigenvalue weighted by atomic mass is 10.1. The summed E-state index contributed by atoms with van der Waals surface area (Å²) in [6, 6.07) is 7.05. The molecule has 0 spiro atoms. The first-order valence-electron chi connectivity index (χ1n) is 6.35. The van der Waals surface area contributed by atoms with Crippen molar-refractivity contribution in [2.45, 2.75) is 49.5 Å². The van der Waals surface area contributed by atoms with E-state index in [0.717, 1.165) is 16.7 Å². The molecule has 1 N–H and O–H groups in total. The zero-order chi connectivity index (χ0) is 13.8. The molecule has 1 heterocycles. The Bertz CT molecular complexity index is 549. The Labute approximate surface area is 123 Å². The van der Waals surface area contributed by atoms with Gasteiger partial charge in [0.2, 0.25) is 0 Å². The maximum Gasteiger partial charge on any atom is 0.174 e. The average Bonchev–Trinajstić information content (AvgIpc) is 2.75. The second-order valence-electron chi connectivity index (χ2n) is 4.86. The first kappa shape index (κ1) is 14.5. The van der Waals surface area contributed by atoms with Crippen LogP contribution in [0.25, 0.3) is 0 Å². The molecule has 0 fully saturated rings. The zero-order valence-corrected chi connectivity index (χ0v) is 13.4. The highest BCUT2D eigenvalue weighted by molar-refractivity contribution is 8.01. The third-order valence-corrected chi connectivity index (χ3v) is 4.58. The van der Waals surface area contributed by atoms with Gasteiger partial charge in [0.25, 0.3) is 0 Å². The van der Waals surface area contributed by atoms with Gasteiger partial charge in [0.1, 0.15) is 5.82 Å². The average molecular weight is 293 g/mol. The van der Waals surface area contributed by atoms with Crippen molar-refractivity contribution in [2.75, 3.05) is 0 Å². The highest BCUT2D eigenvalue weighted by Crippen LogP contribution is 2.32. The number of aryl methyl sites for hydroxylation is 2. The molecule has 0 aliphatic carbocycles. The van der Waals surface area contributed by atoms with Gasteiger partial charge in [0, 0.05) is 17.5 Å². The van der Waals surface area contributed by atoms with E-state index in [-0.39, 0.29) is 0 Å². The summed E-state index contributed by atoms with van der Waals surface area (Å²) < 4.78 is 5.23. The molecule has 1 aromatic carbocycles. The number of rotatable bonds is 5. The Balaban J connectivity index is 2.18. The van der Waals surface area contributed by atoms with Crippen molar-refractivity contribution in [1.82, 2.24) is 14.7 Å². The molecular weight excluding hydrogens is 274 g/mol. The number of benzene rings is 1. The van der Waals surface area contributed by atoms with Crippen LogP contribution in [0.5, 0.6) is 0 Å². The van der Waals surface area contributed by atoms with E-state index in [1.54, 1.807) is 11.8 Å². The predicted octanol–water partition coefficient (Wildman–Crippen LogP) is 3.80. The standard InChI is InChI=1S/C14H19N3S2/c1-9(2)15-8-12-7-10(3)5-6-13(12)18-14-16-11(4)17-19-14/h5-7,9,15H,8H2,1-4H3. The van der Waals surface area contributed by atoms with E-state index in [1.165, 1.54) is 27.6 Å². The molecule has 0 atom stereocenters. The summed E-state index contributed by atoms with van der Waals surface area (Å²) in [6.07, 6.45) is 0. The summed E-state index contributed by atoms with van der Waals surface area (Å²) in [5, 5.41) is 3.47. The van der Waals surface area contributed by atoms with E-state index in [0.29, 0.717) is 6.04 Å². The fourth-order valence-corrected chi connectivity index (χ4v) is 3.39. The summed E-state index contributed by atoms with van der Waals surface area (Å²) >= 11 is 3.16. The molecule has 0 aliphatic heterocycles. The van der Waals surface area contributed by atoms with Gasteiger partial charge in [-0.25, -0.2) is 4.98 Å². The molecule has 19 heavy (non-hydrogen) atoms. The van der Waals surface area contributed by atoms with Gasteiger partial charge in [-0.3, -0.25) is 0 Å². The molecular formula is C14H19N3S2. The van der Waals surface area contributed by atoms with Gasteiger partial charge in [-0.2, -0.15) is 4.37 Å². The molecule has 0 amide bonds. The molecule has 2 aromatic rings. The lowest BCUT2D eigenvalue weighted by Crippen LogP contribution is -2.22. The Morgan fingerprint density at radius 3 is 2.74 bits per heavy atom. The second-order valence-corrected chi connectivity index (χ2v) is 6.90. The lowest BCUT2D eigenvalue weighted by Gasteiger charge is -2.12. The van der Waals surface area contributed by atoms with Crippen LogP contribution in [0.3, 0.4) is 0 Å². The van der Waals surface area contributed by atoms with Gasteiger partial charge in [0.15, 0.2) is 4.34 Å². The minimum atomic E-state index is 0.488. The second kappa shape index (κ2) is 6.50. The first-order valence-corrected chi connectivity index (χ1v) is 7.94. The highest BCUT2D eigenvalue weighted by atomic mass is 32.2. The van der Waals surface area contributed by atoms with Crippen LogP contribution in [0.4, 0.5) is 0 Å². The summed E-state index contributed by atoms with van der Waals surface area (Å²) in [4.78, 5) is 5.67. The van der Waals surface area contributed by atoms with Gasteiger partial charge < -0.3 is 5.32 Å². The van der Waals surface area contributed by atoms with E-state index in [4.69, 9.17) is 0 Å². The number of hydrogen-bond acceptors (Lipinski definition) is 5. The lowest BCUT2D eigenvalue weighted by molar-refractivity contribution is 0.584. The number of nitrogens with zero attached hydrogens (tertiary/aromatic N) is 2. The summed E-state index contributed by atoms with van der Waals surface area (Å²) in [5.74, 6) is 0.849. The van der Waals surface area contributed by atoms with Crippen molar-refractivity contribution in [1.29, 1.82) is 0 Å². The highest BCUT2D eigenvalue weighted by Gasteiger charge is 2.08. The quantitative estimate of drug-likeness (QED) is 0.910. The SMILES string of the molecule is Cc1ccc(Sc2nc(C)ns2)c(CNC(C)C)c1. The van der Waals surface area contributed by atoms with Crippen LogP contribution in [0.1, 0.15) is 30.8 Å². The molecule has 0 unspecified atom stereocenters. The van der Waals surface area contributed by atoms with Crippen LogP contribution >= 0.6 is 23.3 Å². The van der Waals surface area contributed by atoms with E-state index in [1.807, 2.05) is 6.92 Å². The van der Waals surface area contributed by atoms with Crippen LogP contribution in [0, 0.1) is 13.8 Å². The number of hydrogen-bond donors (Lipinski definition) is 1. The Morgan fingerprint density at radius 1 is 1.32 bits per heavy atom. The first-order chi connectivity index (χ1) is 9.04. The molecule has 0 radical (unpaired) electrons. The Morgan fingerprint density at radius 2 is 2.11 bits per heavy atom. The minimum absolute atomic E-state index is 0.488. The van der Waals surface area contributed by atoms with E-state index < -0.39 is 0 Å². The zero-order valence-electron chi connectivity index (χ0n) is 11.7. The molecule has 0 bridgehead atoms. The van der Waals surface area contributed by atoms with Gasteiger partial charge in [-0.05, 0) is 37.0 Å². The smallest absolute Gasteiger partial charge is 0.174 e. The van der Waals surface area contributed by atoms with Crippen molar-refractivity contribution in [2.24, 2.45) is 0 Å². The van der Waals surface area contributed by atoms with Crippen molar-refractivity contribution >= 4 is 23.3 Å². The van der Waals surface area contributed by atoms with Crippen LogP contribution in [0.15, 0.2) is 27.4 Å². The third-order valence-electron chi connectivity index (χ3n) is 2.62. The Kier molecular flexibility index (Phi) is 4.96. The maximum absolute atomic E-state index is 4.41. The molecule has 3 nitrogen and oxygen atoms in total. The van der Waals surface area contributed by atoms with Gasteiger partial charge >= 0.3 is 0 Å². The largest absolute Gasteiger partial charge is 0.310 e. The molecule has 2 rings (SSSR count). The summed E-state index contributed by atoms with van der Waals surface area (Å²) in [7, 11) is 0. The topological polar surface area (TPSA) is 37.8 Å². The minimum Gasteiger partial charge on any atom is -0.310 e. The van der Waals surface area contributed by atoms with Crippen LogP contribution < -0.4 is 5.32 Å². The number of nitrogens with one attached hydrogen (secondary N) is 1. The van der Waals surface area contributed by atoms with Crippen molar-refractivity contribution in [3.63, 3.8) is 0 Å². The van der Waals surface area contributed by atoms with E-state index >= 15 is 0 Å². The van der Waals surface area contributed by atoms with Gasteiger partial charge in [-0.1, -0.05) is 43.3 Å². The number of aromatic nitrogens is 2. The molecule has 0 aliphatic rings. The van der Waals surface area contributed by atoms with Crippen LogP contribution in [0.2, 0.25) is 0 Å². The predicted molar refractivity (Wildman–Crippen MR) is 81.9 cm³/mol. The van der Waals surface area contributed by atoms with Crippen LogP contribution in [-0.2, 0) is 6.54 Å². The summed E-state index contributed by atoms with van der Waals surface area (Å²) in [6.45, 7) is 9.27. The maximum atomic E-state index is 4.41. The Hall–Kier alpha value is -0.910. The normalized spacial score (nSPS) is 11.2. The fraction of sp³-hybridized carbons (Fsp3) is 0.429. The van der Waals surface area contributed by atoms with E-state index in [9.17, 15) is 0 Å². The third kappa shape index (κ3) is 4.30. The van der Waals surface area contributed by atoms with E-state index in [2.05, 4.69) is 53.6 Å². The van der Waals surface area contributed by atoms with Crippen molar-refractivity contribution in [3.8, 4) is 0 Å². The molecule has 0 saturated heterocycles. The molecule has 5 heteroatoms. The fourth-order valence-electron chi connectivity index (χ4n) is 1.67. The van der Waals surface area contributed by atoms with Crippen LogP contribution in [-0.4, -0.2) is 15.4 Å². The van der Waals surface area contributed by atoms with Gasteiger partial charge in [0.05, 0.1) is 0 Å². The molecule has 1 aromatic heterocycles. The van der Waals surface area contributed by atoms with Crippen molar-refractivity contribution in [3.05, 3.63) is 35.2 Å². The molecule has 102 valence electrons. The molecule has 0 saturated carbocycles. The van der Waals surface area contributed by atoms with Gasteiger partial charge in [-0.15, -0.1) is 0 Å². The monoisotopic (exact) mass is 293 g/mol. The van der Waals surface area contributed by atoms with Crippen molar-refractivity contribution < 1.29 is 0 Å². The summed E-state index contributed by atoms with van der Waals surface area (Å²) in [5.41, 5.74) is 2.62.